The highest BCUT2D eigenvalue weighted by molar-refractivity contribution is 5.67. The minimum absolute atomic E-state index is 0.331. The Morgan fingerprint density at radius 1 is 1.36 bits per heavy atom. The van der Waals surface area contributed by atoms with Gasteiger partial charge in [-0.1, -0.05) is 12.6 Å². The SMILES string of the molecule is C=C(C)c1ccc(C(F)(F)F)cc1O. The van der Waals surface area contributed by atoms with Gasteiger partial charge in [-0.2, -0.15) is 13.2 Å². The molecule has 76 valence electrons. The van der Waals surface area contributed by atoms with E-state index in [4.69, 9.17) is 0 Å². The summed E-state index contributed by atoms with van der Waals surface area (Å²) in [6, 6.07) is 2.83. The highest BCUT2D eigenvalue weighted by atomic mass is 19.4. The van der Waals surface area contributed by atoms with E-state index in [0.29, 0.717) is 17.2 Å². The molecule has 0 aromatic heterocycles. The van der Waals surface area contributed by atoms with Crippen molar-refractivity contribution in [3.05, 3.63) is 35.9 Å². The standard InChI is InChI=1S/C10H9F3O/c1-6(2)8-4-3-7(5-9(8)14)10(11,12)13/h3-5,14H,1H2,2H3. The van der Waals surface area contributed by atoms with Gasteiger partial charge in [0, 0.05) is 5.56 Å². The lowest BCUT2D eigenvalue weighted by atomic mass is 10.1. The van der Waals surface area contributed by atoms with Gasteiger partial charge in [0.25, 0.3) is 0 Å². The smallest absolute Gasteiger partial charge is 0.416 e. The van der Waals surface area contributed by atoms with Crippen LogP contribution in [0.25, 0.3) is 5.57 Å². The van der Waals surface area contributed by atoms with Crippen LogP contribution in [0.3, 0.4) is 0 Å². The molecule has 14 heavy (non-hydrogen) atoms. The summed E-state index contributed by atoms with van der Waals surface area (Å²) in [6.07, 6.45) is -4.43. The van der Waals surface area contributed by atoms with E-state index < -0.39 is 17.5 Å². The fourth-order valence-electron chi connectivity index (χ4n) is 1.07. The maximum atomic E-state index is 12.2. The molecule has 0 fully saturated rings. The van der Waals surface area contributed by atoms with Crippen LogP contribution in [0.5, 0.6) is 5.75 Å². The van der Waals surface area contributed by atoms with Crippen molar-refractivity contribution >= 4 is 5.57 Å². The van der Waals surface area contributed by atoms with Crippen LogP contribution in [-0.4, -0.2) is 5.11 Å². The van der Waals surface area contributed by atoms with Gasteiger partial charge in [0.2, 0.25) is 0 Å². The molecule has 4 heteroatoms. The molecule has 1 aromatic rings. The van der Waals surface area contributed by atoms with Crippen molar-refractivity contribution in [2.45, 2.75) is 13.1 Å². The second-order valence-electron chi connectivity index (χ2n) is 3.01. The number of rotatable bonds is 1. The summed E-state index contributed by atoms with van der Waals surface area (Å²) < 4.78 is 36.5. The predicted octanol–water partition coefficient (Wildman–Crippen LogP) is 3.44. The van der Waals surface area contributed by atoms with E-state index >= 15 is 0 Å². The van der Waals surface area contributed by atoms with Gasteiger partial charge in [-0.3, -0.25) is 0 Å². The Morgan fingerprint density at radius 3 is 2.29 bits per heavy atom. The number of allylic oxidation sites excluding steroid dienone is 1. The predicted molar refractivity (Wildman–Crippen MR) is 47.8 cm³/mol. The van der Waals surface area contributed by atoms with E-state index in [1.807, 2.05) is 0 Å². The topological polar surface area (TPSA) is 20.2 Å². The van der Waals surface area contributed by atoms with Crippen molar-refractivity contribution in [3.8, 4) is 5.75 Å². The quantitative estimate of drug-likeness (QED) is 0.739. The molecule has 1 nitrogen and oxygen atoms in total. The molecule has 0 heterocycles. The Bertz CT molecular complexity index is 366. The van der Waals surface area contributed by atoms with E-state index in [9.17, 15) is 18.3 Å². The fourth-order valence-corrected chi connectivity index (χ4v) is 1.07. The van der Waals surface area contributed by atoms with Crippen LogP contribution in [0.1, 0.15) is 18.1 Å². The molecule has 0 saturated carbocycles. The fraction of sp³-hybridized carbons (Fsp3) is 0.200. The monoisotopic (exact) mass is 202 g/mol. The average Bonchev–Trinajstić information content (AvgIpc) is 2.01. The molecule has 0 aliphatic rings. The molecule has 0 spiro atoms. The van der Waals surface area contributed by atoms with Crippen molar-refractivity contribution in [3.63, 3.8) is 0 Å². The van der Waals surface area contributed by atoms with Crippen LogP contribution in [0, 0.1) is 0 Å². The van der Waals surface area contributed by atoms with Gasteiger partial charge in [-0.15, -0.1) is 0 Å². The summed E-state index contributed by atoms with van der Waals surface area (Å²) in [4.78, 5) is 0. The maximum absolute atomic E-state index is 12.2. The zero-order chi connectivity index (χ0) is 10.9. The number of halogens is 3. The Balaban J connectivity index is 3.20. The Hall–Kier alpha value is -1.45. The third-order valence-electron chi connectivity index (χ3n) is 1.78. The second-order valence-corrected chi connectivity index (χ2v) is 3.01. The lowest BCUT2D eigenvalue weighted by Gasteiger charge is -2.09. The summed E-state index contributed by atoms with van der Waals surface area (Å²) in [5.74, 6) is -0.396. The minimum Gasteiger partial charge on any atom is -0.507 e. The molecule has 0 saturated heterocycles. The van der Waals surface area contributed by atoms with E-state index in [1.165, 1.54) is 6.07 Å². The van der Waals surface area contributed by atoms with Crippen LogP contribution in [0.15, 0.2) is 24.8 Å². The van der Waals surface area contributed by atoms with Gasteiger partial charge < -0.3 is 5.11 Å². The van der Waals surface area contributed by atoms with E-state index in [1.54, 1.807) is 6.92 Å². The molecule has 0 aliphatic carbocycles. The number of benzene rings is 1. The van der Waals surface area contributed by atoms with Gasteiger partial charge >= 0.3 is 6.18 Å². The molecule has 0 atom stereocenters. The number of aromatic hydroxyl groups is 1. The van der Waals surface area contributed by atoms with Gasteiger partial charge in [0.05, 0.1) is 5.56 Å². The average molecular weight is 202 g/mol. The van der Waals surface area contributed by atoms with Crippen LogP contribution >= 0.6 is 0 Å². The first kappa shape index (κ1) is 10.6. The van der Waals surface area contributed by atoms with E-state index in [-0.39, 0.29) is 0 Å². The van der Waals surface area contributed by atoms with Crippen LogP contribution in [0.4, 0.5) is 13.2 Å². The summed E-state index contributed by atoms with van der Waals surface area (Å²) in [5, 5.41) is 9.26. The second kappa shape index (κ2) is 3.36. The van der Waals surface area contributed by atoms with Crippen LogP contribution in [0.2, 0.25) is 0 Å². The summed E-state index contributed by atoms with van der Waals surface area (Å²) >= 11 is 0. The molecular weight excluding hydrogens is 193 g/mol. The zero-order valence-corrected chi connectivity index (χ0v) is 7.52. The Morgan fingerprint density at radius 2 is 1.93 bits per heavy atom. The van der Waals surface area contributed by atoms with E-state index in [2.05, 4.69) is 6.58 Å². The van der Waals surface area contributed by atoms with Gasteiger partial charge in [0.1, 0.15) is 5.75 Å². The van der Waals surface area contributed by atoms with Gasteiger partial charge in [-0.25, -0.2) is 0 Å². The molecule has 1 rings (SSSR count). The highest BCUT2D eigenvalue weighted by Crippen LogP contribution is 2.34. The van der Waals surface area contributed by atoms with Crippen molar-refractivity contribution in [2.75, 3.05) is 0 Å². The first-order chi connectivity index (χ1) is 6.32. The number of hydrogen-bond donors (Lipinski definition) is 1. The molecule has 1 N–H and O–H groups in total. The van der Waals surface area contributed by atoms with Gasteiger partial charge in [-0.05, 0) is 24.6 Å². The molecule has 0 unspecified atom stereocenters. The number of alkyl halides is 3. The van der Waals surface area contributed by atoms with Crippen molar-refractivity contribution < 1.29 is 18.3 Å². The third-order valence-corrected chi connectivity index (χ3v) is 1.78. The first-order valence-electron chi connectivity index (χ1n) is 3.88. The summed E-state index contributed by atoms with van der Waals surface area (Å²) in [6.45, 7) is 5.15. The molecule has 0 amide bonds. The van der Waals surface area contributed by atoms with Crippen molar-refractivity contribution in [2.24, 2.45) is 0 Å². The molecule has 0 bridgehead atoms. The lowest BCUT2D eigenvalue weighted by molar-refractivity contribution is -0.137. The molecule has 0 aliphatic heterocycles. The largest absolute Gasteiger partial charge is 0.507 e. The Labute approximate surface area is 79.5 Å². The van der Waals surface area contributed by atoms with Crippen LogP contribution in [-0.2, 0) is 6.18 Å². The molecule has 0 radical (unpaired) electrons. The molecular formula is C10H9F3O. The maximum Gasteiger partial charge on any atom is 0.416 e. The molecule has 1 aromatic carbocycles. The van der Waals surface area contributed by atoms with Gasteiger partial charge in [0.15, 0.2) is 0 Å². The highest BCUT2D eigenvalue weighted by Gasteiger charge is 2.30. The number of hydrogen-bond acceptors (Lipinski definition) is 1. The zero-order valence-electron chi connectivity index (χ0n) is 7.52. The van der Waals surface area contributed by atoms with E-state index in [0.717, 1.165) is 6.07 Å². The number of phenols is 1. The van der Waals surface area contributed by atoms with Crippen molar-refractivity contribution in [1.29, 1.82) is 0 Å². The first-order valence-corrected chi connectivity index (χ1v) is 3.88. The lowest BCUT2D eigenvalue weighted by Crippen LogP contribution is -2.04. The Kier molecular flexibility index (Phi) is 2.55. The minimum atomic E-state index is -4.43. The van der Waals surface area contributed by atoms with Crippen molar-refractivity contribution in [1.82, 2.24) is 0 Å². The summed E-state index contributed by atoms with van der Waals surface area (Å²) in [5.41, 5.74) is -0.00535. The van der Waals surface area contributed by atoms with Crippen LogP contribution < -0.4 is 0 Å². The normalized spacial score (nSPS) is 11.4. The summed E-state index contributed by atoms with van der Waals surface area (Å²) in [7, 11) is 0. The number of phenolic OH excluding ortho intramolecular Hbond substituents is 1. The third kappa shape index (κ3) is 2.07.